The van der Waals surface area contributed by atoms with Crippen molar-refractivity contribution in [2.75, 3.05) is 0 Å². The number of aromatic nitrogens is 1. The summed E-state index contributed by atoms with van der Waals surface area (Å²) in [6.07, 6.45) is 6.37. The topological polar surface area (TPSA) is 39.1 Å². The molecular formula is C27H21NO2. The quantitative estimate of drug-likeness (QED) is 0.223. The fraction of sp³-hybridized carbons (Fsp3) is 0.0370. The maximum absolute atomic E-state index is 12.7. The van der Waals surface area contributed by atoms with Crippen LogP contribution < -0.4 is 0 Å². The Hall–Kier alpha value is -3.98. The van der Waals surface area contributed by atoms with Gasteiger partial charge in [0.05, 0.1) is 0 Å². The van der Waals surface area contributed by atoms with E-state index in [1.54, 1.807) is 0 Å². The van der Waals surface area contributed by atoms with E-state index in [0.29, 0.717) is 18.5 Å². The lowest BCUT2D eigenvalue weighted by molar-refractivity contribution is -0.104. The zero-order valence-corrected chi connectivity index (χ0v) is 16.4. The van der Waals surface area contributed by atoms with Gasteiger partial charge >= 0.3 is 0 Å². The minimum Gasteiger partial charge on any atom is -0.340 e. The first-order valence-corrected chi connectivity index (χ1v) is 9.83. The Bertz CT molecular complexity index is 1170. The molecule has 0 aliphatic carbocycles. The van der Waals surface area contributed by atoms with Crippen LogP contribution in [0.3, 0.4) is 0 Å². The molecule has 1 heterocycles. The Labute approximate surface area is 175 Å². The van der Waals surface area contributed by atoms with Crippen LogP contribution in [0.5, 0.6) is 0 Å². The summed E-state index contributed by atoms with van der Waals surface area (Å²) in [6, 6.07) is 29.7. The summed E-state index contributed by atoms with van der Waals surface area (Å²) in [5.41, 5.74) is 5.12. The number of ketones is 1. The minimum atomic E-state index is -0.524. The van der Waals surface area contributed by atoms with E-state index in [1.807, 2.05) is 114 Å². The van der Waals surface area contributed by atoms with Gasteiger partial charge in [0.1, 0.15) is 5.69 Å². The average Bonchev–Trinajstić information content (AvgIpc) is 3.20. The van der Waals surface area contributed by atoms with E-state index >= 15 is 0 Å². The summed E-state index contributed by atoms with van der Waals surface area (Å²) in [6.45, 7) is 0.483. The average molecular weight is 391 g/mol. The lowest BCUT2D eigenvalue weighted by Crippen LogP contribution is -2.10. The summed E-state index contributed by atoms with van der Waals surface area (Å²) < 4.78 is 1.86. The molecular weight excluding hydrogens is 370 g/mol. The van der Waals surface area contributed by atoms with Crippen molar-refractivity contribution in [1.29, 1.82) is 0 Å². The largest absolute Gasteiger partial charge is 0.340 e. The zero-order valence-electron chi connectivity index (χ0n) is 16.4. The van der Waals surface area contributed by atoms with E-state index in [-0.39, 0.29) is 0 Å². The second-order valence-electron chi connectivity index (χ2n) is 6.95. The van der Waals surface area contributed by atoms with Crippen molar-refractivity contribution in [2.24, 2.45) is 0 Å². The summed E-state index contributed by atoms with van der Waals surface area (Å²) in [4.78, 5) is 24.2. The summed E-state index contributed by atoms with van der Waals surface area (Å²) in [7, 11) is 0. The van der Waals surface area contributed by atoms with Crippen molar-refractivity contribution in [3.8, 4) is 22.3 Å². The highest BCUT2D eigenvalue weighted by Gasteiger charge is 2.23. The van der Waals surface area contributed by atoms with E-state index in [4.69, 9.17) is 0 Å². The number of aldehydes is 1. The SMILES string of the molecule is O=CC(=O)c1c(-c2ccccc2)c(-c2ccccc2)cn1CC=Cc1ccccc1. The van der Waals surface area contributed by atoms with E-state index in [1.165, 1.54) is 0 Å². The van der Waals surface area contributed by atoms with E-state index < -0.39 is 5.78 Å². The third kappa shape index (κ3) is 4.06. The Morgan fingerprint density at radius 2 is 1.33 bits per heavy atom. The highest BCUT2D eigenvalue weighted by molar-refractivity contribution is 6.35. The lowest BCUT2D eigenvalue weighted by atomic mass is 9.96. The molecule has 30 heavy (non-hydrogen) atoms. The van der Waals surface area contributed by atoms with Gasteiger partial charge in [-0.05, 0) is 16.7 Å². The van der Waals surface area contributed by atoms with Gasteiger partial charge in [-0.25, -0.2) is 0 Å². The van der Waals surface area contributed by atoms with Crippen molar-refractivity contribution in [1.82, 2.24) is 4.57 Å². The van der Waals surface area contributed by atoms with Gasteiger partial charge in [-0.1, -0.05) is 103 Å². The molecule has 0 aliphatic heterocycles. The van der Waals surface area contributed by atoms with Crippen LogP contribution in [0.15, 0.2) is 103 Å². The van der Waals surface area contributed by atoms with E-state index in [2.05, 4.69) is 0 Å². The molecule has 0 atom stereocenters. The normalized spacial score (nSPS) is 10.9. The molecule has 3 heteroatoms. The van der Waals surface area contributed by atoms with Crippen molar-refractivity contribution >= 4 is 18.1 Å². The van der Waals surface area contributed by atoms with Crippen molar-refractivity contribution < 1.29 is 9.59 Å². The van der Waals surface area contributed by atoms with Gasteiger partial charge in [0, 0.05) is 23.9 Å². The Balaban J connectivity index is 1.85. The number of nitrogens with zero attached hydrogens (tertiary/aromatic N) is 1. The fourth-order valence-corrected chi connectivity index (χ4v) is 3.62. The van der Waals surface area contributed by atoms with Crippen molar-refractivity contribution in [2.45, 2.75) is 6.54 Å². The van der Waals surface area contributed by atoms with Crippen LogP contribution in [0, 0.1) is 0 Å². The molecule has 0 saturated heterocycles. The molecule has 0 unspecified atom stereocenters. The van der Waals surface area contributed by atoms with Crippen LogP contribution in [0.4, 0.5) is 0 Å². The third-order valence-corrected chi connectivity index (χ3v) is 4.98. The monoisotopic (exact) mass is 391 g/mol. The summed E-state index contributed by atoms with van der Waals surface area (Å²) >= 11 is 0. The number of hydrogen-bond donors (Lipinski definition) is 0. The minimum absolute atomic E-state index is 0.397. The Morgan fingerprint density at radius 3 is 1.93 bits per heavy atom. The van der Waals surface area contributed by atoms with Crippen LogP contribution in [0.1, 0.15) is 16.1 Å². The molecule has 0 spiro atoms. The number of carbonyl (C=O) groups excluding carboxylic acids is 2. The molecule has 146 valence electrons. The molecule has 4 aromatic rings. The van der Waals surface area contributed by atoms with Crippen LogP contribution >= 0.6 is 0 Å². The predicted octanol–water partition coefficient (Wildman–Crippen LogP) is 5.92. The number of hydrogen-bond acceptors (Lipinski definition) is 2. The first-order chi connectivity index (χ1) is 14.8. The first kappa shape index (κ1) is 19.3. The second-order valence-corrected chi connectivity index (χ2v) is 6.95. The van der Waals surface area contributed by atoms with Gasteiger partial charge in [-0.15, -0.1) is 0 Å². The van der Waals surface area contributed by atoms with Gasteiger partial charge in [0.25, 0.3) is 0 Å². The first-order valence-electron chi connectivity index (χ1n) is 9.83. The molecule has 0 amide bonds. The lowest BCUT2D eigenvalue weighted by Gasteiger charge is -2.08. The van der Waals surface area contributed by atoms with E-state index in [0.717, 1.165) is 27.8 Å². The number of Topliss-reactive ketones (excluding diaryl/α,β-unsaturated/α-hetero) is 1. The molecule has 3 aromatic carbocycles. The molecule has 0 saturated carbocycles. The second kappa shape index (κ2) is 9.01. The van der Waals surface area contributed by atoms with Gasteiger partial charge in [-0.3, -0.25) is 9.59 Å². The van der Waals surface area contributed by atoms with Crippen LogP contribution in [0.2, 0.25) is 0 Å². The van der Waals surface area contributed by atoms with Gasteiger partial charge in [0.2, 0.25) is 5.78 Å². The number of benzene rings is 3. The Morgan fingerprint density at radius 1 is 0.767 bits per heavy atom. The molecule has 0 bridgehead atoms. The van der Waals surface area contributed by atoms with Gasteiger partial charge in [-0.2, -0.15) is 0 Å². The van der Waals surface area contributed by atoms with Crippen molar-refractivity contribution in [3.63, 3.8) is 0 Å². The molecule has 0 aliphatic rings. The van der Waals surface area contributed by atoms with Crippen LogP contribution in [-0.2, 0) is 11.3 Å². The Kier molecular flexibility index (Phi) is 5.81. The predicted molar refractivity (Wildman–Crippen MR) is 121 cm³/mol. The highest BCUT2D eigenvalue weighted by atomic mass is 16.2. The fourth-order valence-electron chi connectivity index (χ4n) is 3.62. The zero-order chi connectivity index (χ0) is 20.8. The van der Waals surface area contributed by atoms with Crippen LogP contribution in [-0.4, -0.2) is 16.6 Å². The molecule has 0 radical (unpaired) electrons. The number of rotatable bonds is 7. The molecule has 1 aromatic heterocycles. The molecule has 0 N–H and O–H groups in total. The maximum atomic E-state index is 12.7. The third-order valence-electron chi connectivity index (χ3n) is 4.98. The summed E-state index contributed by atoms with van der Waals surface area (Å²) in [5.74, 6) is -0.524. The standard InChI is InChI=1S/C27H21NO2/c29-20-25(30)27-26(23-16-8-3-9-17-23)24(22-14-6-2-7-15-22)19-28(27)18-10-13-21-11-4-1-5-12-21/h1-17,19-20H,18H2. The van der Waals surface area contributed by atoms with Gasteiger partial charge in [0.15, 0.2) is 6.29 Å². The number of carbonyl (C=O) groups is 2. The smallest absolute Gasteiger partial charge is 0.242 e. The molecule has 0 fully saturated rings. The van der Waals surface area contributed by atoms with Gasteiger partial charge < -0.3 is 4.57 Å². The highest BCUT2D eigenvalue weighted by Crippen LogP contribution is 2.37. The molecule has 3 nitrogen and oxygen atoms in total. The number of allylic oxidation sites excluding steroid dienone is 1. The van der Waals surface area contributed by atoms with Crippen LogP contribution in [0.25, 0.3) is 28.3 Å². The van der Waals surface area contributed by atoms with E-state index in [9.17, 15) is 9.59 Å². The maximum Gasteiger partial charge on any atom is 0.242 e. The van der Waals surface area contributed by atoms with Crippen molar-refractivity contribution in [3.05, 3.63) is 115 Å². The molecule has 4 rings (SSSR count). The summed E-state index contributed by atoms with van der Waals surface area (Å²) in [5, 5.41) is 0.